The molecule has 0 atom stereocenters. The maximum Gasteiger partial charge on any atom is 0.383 e. The van der Waals surface area contributed by atoms with Gasteiger partial charge >= 0.3 is 5.97 Å². The zero-order valence-corrected chi connectivity index (χ0v) is 16.2. The fourth-order valence-corrected chi connectivity index (χ4v) is 3.37. The number of para-hydroxylation sites is 1. The van der Waals surface area contributed by atoms with Gasteiger partial charge in [0.05, 0.1) is 10.6 Å². The van der Waals surface area contributed by atoms with Crippen molar-refractivity contribution in [1.82, 2.24) is 14.8 Å². The second-order valence-electron chi connectivity index (χ2n) is 6.08. The lowest BCUT2D eigenvalue weighted by atomic mass is 10.3. The molecule has 0 saturated carbocycles. The highest BCUT2D eigenvalue weighted by Gasteiger charge is 2.21. The molecule has 0 aliphatic heterocycles. The summed E-state index contributed by atoms with van der Waals surface area (Å²) in [7, 11) is 0. The standard InChI is InChI=1S/C21H16N4O3S/c1-14(26)22-15-9-11-17(12-10-15)28-21(27)19-23-20(18-8-5-13-29-18)25(24-19)16-6-3-2-4-7-16/h2-13H,1H3,(H,22,26). The van der Waals surface area contributed by atoms with Crippen LogP contribution in [0, 0.1) is 0 Å². The van der Waals surface area contributed by atoms with E-state index in [1.807, 2.05) is 47.8 Å². The molecular weight excluding hydrogens is 388 g/mol. The van der Waals surface area contributed by atoms with Gasteiger partial charge in [-0.1, -0.05) is 24.3 Å². The van der Waals surface area contributed by atoms with Crippen molar-refractivity contribution in [2.45, 2.75) is 6.92 Å². The molecular formula is C21H16N4O3S. The van der Waals surface area contributed by atoms with Gasteiger partial charge in [0.15, 0.2) is 5.82 Å². The molecule has 0 aliphatic rings. The Kier molecular flexibility index (Phi) is 5.17. The summed E-state index contributed by atoms with van der Waals surface area (Å²) in [6.07, 6.45) is 0. The fraction of sp³-hybridized carbons (Fsp3) is 0.0476. The molecule has 2 heterocycles. The second-order valence-corrected chi connectivity index (χ2v) is 7.03. The van der Waals surface area contributed by atoms with Crippen LogP contribution in [-0.4, -0.2) is 26.6 Å². The third kappa shape index (κ3) is 4.22. The normalized spacial score (nSPS) is 10.5. The second kappa shape index (κ2) is 8.07. The Bertz CT molecular complexity index is 1140. The van der Waals surface area contributed by atoms with E-state index in [4.69, 9.17) is 4.74 Å². The third-order valence-corrected chi connectivity index (χ3v) is 4.78. The van der Waals surface area contributed by atoms with E-state index in [9.17, 15) is 9.59 Å². The van der Waals surface area contributed by atoms with Gasteiger partial charge in [0, 0.05) is 12.6 Å². The van der Waals surface area contributed by atoms with Crippen molar-refractivity contribution >= 4 is 28.9 Å². The van der Waals surface area contributed by atoms with Crippen LogP contribution in [0.5, 0.6) is 5.75 Å². The zero-order chi connectivity index (χ0) is 20.2. The maximum atomic E-state index is 12.6. The van der Waals surface area contributed by atoms with E-state index in [0.29, 0.717) is 17.3 Å². The number of anilines is 1. The number of ether oxygens (including phenoxy) is 1. The molecule has 8 heteroatoms. The van der Waals surface area contributed by atoms with E-state index in [1.54, 1.807) is 28.9 Å². The molecule has 1 amide bonds. The van der Waals surface area contributed by atoms with Crippen LogP contribution in [0.15, 0.2) is 72.1 Å². The largest absolute Gasteiger partial charge is 0.421 e. The van der Waals surface area contributed by atoms with E-state index in [-0.39, 0.29) is 11.7 Å². The summed E-state index contributed by atoms with van der Waals surface area (Å²) in [6, 6.07) is 19.8. The van der Waals surface area contributed by atoms with E-state index >= 15 is 0 Å². The molecule has 2 aromatic carbocycles. The number of hydrogen-bond donors (Lipinski definition) is 1. The Hall–Kier alpha value is -3.78. The van der Waals surface area contributed by atoms with E-state index in [0.717, 1.165) is 10.6 Å². The minimum absolute atomic E-state index is 0.0387. The number of esters is 1. The first-order chi connectivity index (χ1) is 14.1. The average molecular weight is 404 g/mol. The summed E-state index contributed by atoms with van der Waals surface area (Å²) in [4.78, 5) is 29.0. The number of aromatic nitrogens is 3. The Balaban J connectivity index is 1.61. The van der Waals surface area contributed by atoms with Gasteiger partial charge in [0.1, 0.15) is 5.75 Å². The van der Waals surface area contributed by atoms with Crippen molar-refractivity contribution in [3.8, 4) is 22.1 Å². The molecule has 0 spiro atoms. The number of rotatable bonds is 5. The lowest BCUT2D eigenvalue weighted by Crippen LogP contribution is -2.11. The van der Waals surface area contributed by atoms with Crippen LogP contribution in [0.2, 0.25) is 0 Å². The number of amides is 1. The molecule has 0 radical (unpaired) electrons. The molecule has 4 rings (SSSR count). The molecule has 0 saturated heterocycles. The Labute approximate surface area is 170 Å². The third-order valence-electron chi connectivity index (χ3n) is 3.92. The molecule has 0 aliphatic carbocycles. The number of thiophene rings is 1. The summed E-state index contributed by atoms with van der Waals surface area (Å²) in [6.45, 7) is 1.42. The van der Waals surface area contributed by atoms with Crippen molar-refractivity contribution in [2.24, 2.45) is 0 Å². The number of nitrogens with zero attached hydrogens (tertiary/aromatic N) is 3. The molecule has 0 unspecified atom stereocenters. The van der Waals surface area contributed by atoms with Crippen molar-refractivity contribution in [2.75, 3.05) is 5.32 Å². The topological polar surface area (TPSA) is 86.1 Å². The highest BCUT2D eigenvalue weighted by atomic mass is 32.1. The highest BCUT2D eigenvalue weighted by molar-refractivity contribution is 7.13. The van der Waals surface area contributed by atoms with Crippen LogP contribution in [0.4, 0.5) is 5.69 Å². The molecule has 0 bridgehead atoms. The number of carbonyl (C=O) groups is 2. The maximum absolute atomic E-state index is 12.6. The zero-order valence-electron chi connectivity index (χ0n) is 15.4. The molecule has 144 valence electrons. The Morgan fingerprint density at radius 1 is 1.00 bits per heavy atom. The molecule has 7 nitrogen and oxygen atoms in total. The van der Waals surface area contributed by atoms with E-state index in [2.05, 4.69) is 15.4 Å². The predicted molar refractivity (Wildman–Crippen MR) is 110 cm³/mol. The fourth-order valence-electron chi connectivity index (χ4n) is 2.68. The molecule has 0 fully saturated rings. The van der Waals surface area contributed by atoms with Crippen LogP contribution >= 0.6 is 11.3 Å². The SMILES string of the molecule is CC(=O)Nc1ccc(OC(=O)c2nc(-c3cccs3)n(-c3ccccc3)n2)cc1. The van der Waals surface area contributed by atoms with Crippen LogP contribution in [0.1, 0.15) is 17.5 Å². The summed E-state index contributed by atoms with van der Waals surface area (Å²) in [5.74, 6) is 0.0245. The summed E-state index contributed by atoms with van der Waals surface area (Å²) in [5, 5.41) is 8.96. The average Bonchev–Trinajstić information content (AvgIpc) is 3.39. The first kappa shape index (κ1) is 18.6. The van der Waals surface area contributed by atoms with Crippen molar-refractivity contribution < 1.29 is 14.3 Å². The smallest absolute Gasteiger partial charge is 0.383 e. The van der Waals surface area contributed by atoms with Crippen LogP contribution < -0.4 is 10.1 Å². The lowest BCUT2D eigenvalue weighted by Gasteiger charge is -2.04. The molecule has 2 aromatic heterocycles. The van der Waals surface area contributed by atoms with Crippen LogP contribution in [-0.2, 0) is 4.79 Å². The van der Waals surface area contributed by atoms with Crippen molar-refractivity contribution in [3.05, 3.63) is 77.9 Å². The predicted octanol–water partition coefficient (Wildman–Crippen LogP) is 4.17. The monoisotopic (exact) mass is 404 g/mol. The number of benzene rings is 2. The minimum Gasteiger partial charge on any atom is -0.421 e. The summed E-state index contributed by atoms with van der Waals surface area (Å²) < 4.78 is 7.02. The van der Waals surface area contributed by atoms with Crippen LogP contribution in [0.25, 0.3) is 16.4 Å². The van der Waals surface area contributed by atoms with E-state index in [1.165, 1.54) is 18.3 Å². The lowest BCUT2D eigenvalue weighted by molar-refractivity contribution is -0.114. The molecule has 1 N–H and O–H groups in total. The summed E-state index contributed by atoms with van der Waals surface area (Å²) >= 11 is 1.51. The molecule has 4 aromatic rings. The van der Waals surface area contributed by atoms with Crippen molar-refractivity contribution in [3.63, 3.8) is 0 Å². The first-order valence-electron chi connectivity index (χ1n) is 8.76. The Morgan fingerprint density at radius 2 is 1.76 bits per heavy atom. The molecule has 29 heavy (non-hydrogen) atoms. The van der Waals surface area contributed by atoms with Gasteiger partial charge in [0.2, 0.25) is 5.91 Å². The first-order valence-corrected chi connectivity index (χ1v) is 9.64. The van der Waals surface area contributed by atoms with Gasteiger partial charge in [-0.15, -0.1) is 16.4 Å². The number of carbonyl (C=O) groups excluding carboxylic acids is 2. The summed E-state index contributed by atoms with van der Waals surface area (Å²) in [5.41, 5.74) is 1.41. The highest BCUT2D eigenvalue weighted by Crippen LogP contribution is 2.26. The van der Waals surface area contributed by atoms with Gasteiger partial charge in [-0.3, -0.25) is 4.79 Å². The van der Waals surface area contributed by atoms with Gasteiger partial charge in [-0.25, -0.2) is 9.48 Å². The van der Waals surface area contributed by atoms with E-state index < -0.39 is 5.97 Å². The number of nitrogens with one attached hydrogen (secondary N) is 1. The number of hydrogen-bond acceptors (Lipinski definition) is 6. The van der Waals surface area contributed by atoms with Gasteiger partial charge in [-0.2, -0.15) is 4.98 Å². The van der Waals surface area contributed by atoms with Gasteiger partial charge < -0.3 is 10.1 Å². The van der Waals surface area contributed by atoms with Crippen molar-refractivity contribution in [1.29, 1.82) is 0 Å². The Morgan fingerprint density at radius 3 is 2.41 bits per heavy atom. The minimum atomic E-state index is -0.662. The van der Waals surface area contributed by atoms with Gasteiger partial charge in [-0.05, 0) is 47.8 Å². The van der Waals surface area contributed by atoms with Crippen LogP contribution in [0.3, 0.4) is 0 Å². The quantitative estimate of drug-likeness (QED) is 0.398. The van der Waals surface area contributed by atoms with Gasteiger partial charge in [0.25, 0.3) is 5.82 Å².